The zero-order valence-corrected chi connectivity index (χ0v) is 11.9. The summed E-state index contributed by atoms with van der Waals surface area (Å²) in [5.41, 5.74) is 1.36. The molecule has 0 spiro atoms. The van der Waals surface area contributed by atoms with E-state index in [2.05, 4.69) is 5.10 Å². The van der Waals surface area contributed by atoms with Gasteiger partial charge in [0.2, 0.25) is 0 Å². The van der Waals surface area contributed by atoms with Gasteiger partial charge in [0.1, 0.15) is 5.82 Å². The number of benzene rings is 1. The number of anilines is 1. The molecule has 0 unspecified atom stereocenters. The van der Waals surface area contributed by atoms with Gasteiger partial charge in [-0.25, -0.2) is 4.39 Å². The van der Waals surface area contributed by atoms with Crippen LogP contribution >= 0.6 is 11.6 Å². The number of ketones is 1. The third-order valence-corrected chi connectivity index (χ3v) is 3.69. The number of hydrogen-bond acceptors (Lipinski definition) is 3. The van der Waals surface area contributed by atoms with E-state index in [1.807, 2.05) is 6.20 Å². The Labute approximate surface area is 124 Å². The quantitative estimate of drug-likeness (QED) is 0.815. The van der Waals surface area contributed by atoms with Crippen molar-refractivity contribution < 1.29 is 14.0 Å². The fourth-order valence-electron chi connectivity index (χ4n) is 2.35. The highest BCUT2D eigenvalue weighted by atomic mass is 35.5. The average molecular weight is 308 g/mol. The van der Waals surface area contributed by atoms with E-state index in [1.54, 1.807) is 17.9 Å². The molecule has 1 aromatic heterocycles. The minimum Gasteiger partial charge on any atom is -0.304 e. The van der Waals surface area contributed by atoms with Gasteiger partial charge >= 0.3 is 0 Å². The highest BCUT2D eigenvalue weighted by Gasteiger charge is 2.36. The Morgan fingerprint density at radius 2 is 2.10 bits per heavy atom. The van der Waals surface area contributed by atoms with Crippen molar-refractivity contribution >= 4 is 29.0 Å². The number of rotatable bonds is 3. The Morgan fingerprint density at radius 1 is 1.33 bits per heavy atom. The fraction of sp³-hybridized carbons (Fsp3) is 0.214. The lowest BCUT2D eigenvalue weighted by Crippen LogP contribution is -2.31. The first kappa shape index (κ1) is 13.8. The van der Waals surface area contributed by atoms with Crippen LogP contribution in [0.15, 0.2) is 24.5 Å². The van der Waals surface area contributed by atoms with Crippen LogP contribution in [0, 0.1) is 5.82 Å². The van der Waals surface area contributed by atoms with E-state index in [9.17, 15) is 14.0 Å². The van der Waals surface area contributed by atoms with Gasteiger partial charge in [0, 0.05) is 19.8 Å². The number of aromatic nitrogens is 2. The van der Waals surface area contributed by atoms with Crippen LogP contribution in [-0.2, 0) is 18.3 Å². The average Bonchev–Trinajstić information content (AvgIpc) is 2.95. The molecule has 21 heavy (non-hydrogen) atoms. The van der Waals surface area contributed by atoms with Gasteiger partial charge in [-0.15, -0.1) is 0 Å². The van der Waals surface area contributed by atoms with Crippen molar-refractivity contribution in [1.29, 1.82) is 0 Å². The van der Waals surface area contributed by atoms with Crippen molar-refractivity contribution in [3.05, 3.63) is 46.5 Å². The van der Waals surface area contributed by atoms with Crippen LogP contribution in [-0.4, -0.2) is 28.0 Å². The molecule has 1 aromatic carbocycles. The number of amides is 1. The molecule has 1 aliphatic rings. The second-order valence-electron chi connectivity index (χ2n) is 4.84. The van der Waals surface area contributed by atoms with E-state index in [0.29, 0.717) is 6.42 Å². The van der Waals surface area contributed by atoms with Gasteiger partial charge in [-0.1, -0.05) is 11.6 Å². The summed E-state index contributed by atoms with van der Waals surface area (Å²) in [5, 5.41) is 3.87. The smallest absolute Gasteiger partial charge is 0.299 e. The highest BCUT2D eigenvalue weighted by molar-refractivity contribution is 6.52. The Bertz CT molecular complexity index is 757. The lowest BCUT2D eigenvalue weighted by atomic mass is 10.1. The number of nitrogens with zero attached hydrogens (tertiary/aromatic N) is 3. The number of carbonyl (C=O) groups is 2. The van der Waals surface area contributed by atoms with E-state index in [0.717, 1.165) is 11.6 Å². The molecule has 2 heterocycles. The first-order chi connectivity index (χ1) is 9.97. The van der Waals surface area contributed by atoms with Gasteiger partial charge in [-0.3, -0.25) is 14.3 Å². The SMILES string of the molecule is Cn1cc(CCN2C(=O)C(=O)c3cc(Cl)c(F)cc32)cn1. The maximum Gasteiger partial charge on any atom is 0.299 e. The summed E-state index contributed by atoms with van der Waals surface area (Å²) in [4.78, 5) is 25.2. The molecule has 0 fully saturated rings. The Hall–Kier alpha value is -2.21. The molecule has 108 valence electrons. The van der Waals surface area contributed by atoms with Crippen LogP contribution < -0.4 is 4.90 Å². The van der Waals surface area contributed by atoms with E-state index >= 15 is 0 Å². The molecule has 0 aliphatic carbocycles. The Balaban J connectivity index is 1.88. The van der Waals surface area contributed by atoms with Crippen molar-refractivity contribution in [2.75, 3.05) is 11.4 Å². The molecular formula is C14H11ClFN3O2. The van der Waals surface area contributed by atoms with Gasteiger partial charge in [-0.05, 0) is 24.1 Å². The molecule has 0 saturated carbocycles. The fourth-order valence-corrected chi connectivity index (χ4v) is 2.52. The third-order valence-electron chi connectivity index (χ3n) is 3.40. The van der Waals surface area contributed by atoms with E-state index < -0.39 is 17.5 Å². The molecule has 3 rings (SSSR count). The number of aryl methyl sites for hydroxylation is 1. The standard InChI is InChI=1S/C14H11ClFN3O2/c1-18-7-8(6-17-18)2-3-19-12-5-11(16)10(15)4-9(12)13(20)14(19)21/h4-7H,2-3H2,1H3. The first-order valence-corrected chi connectivity index (χ1v) is 6.68. The predicted molar refractivity (Wildman–Crippen MR) is 75.0 cm³/mol. The second-order valence-corrected chi connectivity index (χ2v) is 5.25. The largest absolute Gasteiger partial charge is 0.304 e. The molecule has 0 radical (unpaired) electrons. The predicted octanol–water partition coefficient (Wildman–Crippen LogP) is 1.98. The van der Waals surface area contributed by atoms with Crippen LogP contribution in [0.25, 0.3) is 0 Å². The van der Waals surface area contributed by atoms with E-state index in [1.165, 1.54) is 11.0 Å². The second kappa shape index (κ2) is 4.96. The van der Waals surface area contributed by atoms with Crippen molar-refractivity contribution in [2.24, 2.45) is 7.05 Å². The zero-order chi connectivity index (χ0) is 15.1. The van der Waals surface area contributed by atoms with Crippen molar-refractivity contribution in [3.63, 3.8) is 0 Å². The summed E-state index contributed by atoms with van der Waals surface area (Å²) < 4.78 is 15.2. The van der Waals surface area contributed by atoms with Crippen molar-refractivity contribution in [2.45, 2.75) is 6.42 Å². The molecule has 1 amide bonds. The van der Waals surface area contributed by atoms with Crippen LogP contribution in [0.4, 0.5) is 10.1 Å². The number of fused-ring (bicyclic) bond motifs is 1. The molecule has 0 saturated heterocycles. The number of carbonyl (C=O) groups excluding carboxylic acids is 2. The molecular weight excluding hydrogens is 297 g/mol. The summed E-state index contributed by atoms with van der Waals surface area (Å²) in [7, 11) is 1.79. The van der Waals surface area contributed by atoms with Crippen LogP contribution in [0.5, 0.6) is 0 Å². The normalized spacial score (nSPS) is 14.0. The zero-order valence-electron chi connectivity index (χ0n) is 11.1. The monoisotopic (exact) mass is 307 g/mol. The van der Waals surface area contributed by atoms with Crippen LogP contribution in [0.2, 0.25) is 5.02 Å². The minimum atomic E-state index is -0.657. The van der Waals surface area contributed by atoms with Gasteiger partial charge in [-0.2, -0.15) is 5.10 Å². The highest BCUT2D eigenvalue weighted by Crippen LogP contribution is 2.33. The summed E-state index contributed by atoms with van der Waals surface area (Å²) in [6.45, 7) is 0.282. The number of halogens is 2. The van der Waals surface area contributed by atoms with Crippen molar-refractivity contribution in [3.8, 4) is 0 Å². The molecule has 1 aliphatic heterocycles. The topological polar surface area (TPSA) is 55.2 Å². The lowest BCUT2D eigenvalue weighted by molar-refractivity contribution is -0.114. The maximum absolute atomic E-state index is 13.6. The minimum absolute atomic E-state index is 0.151. The van der Waals surface area contributed by atoms with Gasteiger partial charge in [0.25, 0.3) is 11.7 Å². The van der Waals surface area contributed by atoms with Gasteiger partial charge in [0.15, 0.2) is 0 Å². The third kappa shape index (κ3) is 2.31. The molecule has 5 nitrogen and oxygen atoms in total. The van der Waals surface area contributed by atoms with Crippen LogP contribution in [0.3, 0.4) is 0 Å². The maximum atomic E-state index is 13.6. The first-order valence-electron chi connectivity index (χ1n) is 6.30. The number of Topliss-reactive ketones (excluding diaryl/α,β-unsaturated/α-hetero) is 1. The van der Waals surface area contributed by atoms with Gasteiger partial charge < -0.3 is 4.90 Å². The Morgan fingerprint density at radius 3 is 2.76 bits per heavy atom. The Kier molecular flexibility index (Phi) is 3.25. The van der Waals surface area contributed by atoms with Gasteiger partial charge in [0.05, 0.1) is 22.5 Å². The van der Waals surface area contributed by atoms with Crippen LogP contribution in [0.1, 0.15) is 15.9 Å². The summed E-state index contributed by atoms with van der Waals surface area (Å²) >= 11 is 5.66. The summed E-state index contributed by atoms with van der Waals surface area (Å²) in [6.07, 6.45) is 4.04. The summed E-state index contributed by atoms with van der Waals surface area (Å²) in [6, 6.07) is 2.33. The van der Waals surface area contributed by atoms with E-state index in [4.69, 9.17) is 11.6 Å². The summed E-state index contributed by atoms with van der Waals surface area (Å²) in [5.74, 6) is -1.96. The molecule has 7 heteroatoms. The molecule has 0 atom stereocenters. The van der Waals surface area contributed by atoms with Crippen molar-refractivity contribution in [1.82, 2.24) is 9.78 Å². The molecule has 0 bridgehead atoms. The molecule has 2 aromatic rings. The number of hydrogen-bond donors (Lipinski definition) is 0. The molecule has 0 N–H and O–H groups in total. The lowest BCUT2D eigenvalue weighted by Gasteiger charge is -2.16. The van der Waals surface area contributed by atoms with E-state index in [-0.39, 0.29) is 22.8 Å².